The molecule has 1 aromatic carbocycles. The highest BCUT2D eigenvalue weighted by atomic mass is 19.2. The van der Waals surface area contributed by atoms with Gasteiger partial charge >= 0.3 is 0 Å². The Balaban J connectivity index is 2.16. The molecular formula is C13H12F3N3. The van der Waals surface area contributed by atoms with Crippen LogP contribution in [0.25, 0.3) is 11.3 Å². The molecule has 1 aliphatic rings. The molecule has 3 nitrogen and oxygen atoms in total. The summed E-state index contributed by atoms with van der Waals surface area (Å²) in [5, 5.41) is 0. The molecule has 0 spiro atoms. The van der Waals surface area contributed by atoms with Crippen LogP contribution in [0.2, 0.25) is 0 Å². The molecule has 0 unspecified atom stereocenters. The zero-order chi connectivity index (χ0) is 13.7. The maximum Gasteiger partial charge on any atom is 0.161 e. The van der Waals surface area contributed by atoms with Gasteiger partial charge in [-0.2, -0.15) is 0 Å². The van der Waals surface area contributed by atoms with E-state index in [1.807, 2.05) is 0 Å². The lowest BCUT2D eigenvalue weighted by molar-refractivity contribution is 0.496. The zero-order valence-corrected chi connectivity index (χ0v) is 10.3. The van der Waals surface area contributed by atoms with Gasteiger partial charge in [-0.15, -0.1) is 0 Å². The lowest BCUT2D eigenvalue weighted by Crippen LogP contribution is -2.00. The second-order valence-corrected chi connectivity index (χ2v) is 4.78. The first-order valence-electron chi connectivity index (χ1n) is 5.96. The number of halogens is 3. The first kappa shape index (κ1) is 12.1. The second-order valence-electron chi connectivity index (χ2n) is 4.78. The van der Waals surface area contributed by atoms with Gasteiger partial charge in [0.25, 0.3) is 0 Å². The van der Waals surface area contributed by atoms with Crippen LogP contribution in [-0.4, -0.2) is 9.55 Å². The monoisotopic (exact) mass is 267 g/mol. The summed E-state index contributed by atoms with van der Waals surface area (Å²) in [5.74, 6) is -1.86. The van der Waals surface area contributed by atoms with Crippen LogP contribution in [-0.2, 0) is 7.05 Å². The van der Waals surface area contributed by atoms with Gasteiger partial charge in [-0.3, -0.25) is 0 Å². The van der Waals surface area contributed by atoms with Crippen molar-refractivity contribution in [1.82, 2.24) is 9.55 Å². The predicted molar refractivity (Wildman–Crippen MR) is 64.9 cm³/mol. The molecule has 1 heterocycles. The van der Waals surface area contributed by atoms with E-state index in [4.69, 9.17) is 5.73 Å². The number of hydrogen-bond acceptors (Lipinski definition) is 2. The van der Waals surface area contributed by atoms with Crippen molar-refractivity contribution in [3.8, 4) is 11.3 Å². The molecule has 1 saturated carbocycles. The van der Waals surface area contributed by atoms with Crippen molar-refractivity contribution in [3.63, 3.8) is 0 Å². The van der Waals surface area contributed by atoms with Crippen LogP contribution in [0.5, 0.6) is 0 Å². The zero-order valence-electron chi connectivity index (χ0n) is 10.3. The smallest absolute Gasteiger partial charge is 0.161 e. The molecule has 3 rings (SSSR count). The summed E-state index contributed by atoms with van der Waals surface area (Å²) in [4.78, 5) is 4.28. The molecule has 0 saturated heterocycles. The number of nitrogens with zero attached hydrogens (tertiary/aromatic N) is 2. The summed E-state index contributed by atoms with van der Waals surface area (Å²) in [6, 6.07) is 1.30. The number of anilines is 1. The van der Waals surface area contributed by atoms with E-state index in [0.29, 0.717) is 12.0 Å². The van der Waals surface area contributed by atoms with E-state index in [0.717, 1.165) is 24.7 Å². The van der Waals surface area contributed by atoms with E-state index in [-0.39, 0.29) is 17.1 Å². The molecule has 100 valence electrons. The SMILES string of the molecule is Cn1c(C2CC2)nc(-c2cc(F)c(F)cc2F)c1N. The highest BCUT2D eigenvalue weighted by molar-refractivity contribution is 5.71. The Morgan fingerprint density at radius 2 is 1.79 bits per heavy atom. The number of benzene rings is 1. The third kappa shape index (κ3) is 1.87. The van der Waals surface area contributed by atoms with Gasteiger partial charge in [0.05, 0.1) is 0 Å². The van der Waals surface area contributed by atoms with Crippen molar-refractivity contribution in [2.24, 2.45) is 7.05 Å². The fourth-order valence-electron chi connectivity index (χ4n) is 2.14. The van der Waals surface area contributed by atoms with Crippen molar-refractivity contribution < 1.29 is 13.2 Å². The standard InChI is InChI=1S/C13H12F3N3/c1-19-12(17)11(18-13(19)6-2-3-6)7-4-9(15)10(16)5-8(7)14/h4-6H,2-3,17H2,1H3. The molecule has 0 aliphatic heterocycles. The number of nitrogens with two attached hydrogens (primary N) is 1. The first-order chi connectivity index (χ1) is 8.99. The normalized spacial score (nSPS) is 14.9. The highest BCUT2D eigenvalue weighted by Crippen LogP contribution is 2.42. The molecule has 0 bridgehead atoms. The topological polar surface area (TPSA) is 43.8 Å². The van der Waals surface area contributed by atoms with E-state index in [1.165, 1.54) is 0 Å². The molecule has 0 amide bonds. The van der Waals surface area contributed by atoms with E-state index in [9.17, 15) is 13.2 Å². The number of aromatic nitrogens is 2. The first-order valence-corrected chi connectivity index (χ1v) is 5.96. The Morgan fingerprint density at radius 3 is 2.42 bits per heavy atom. The minimum Gasteiger partial charge on any atom is -0.383 e. The van der Waals surface area contributed by atoms with Crippen molar-refractivity contribution in [3.05, 3.63) is 35.4 Å². The van der Waals surface area contributed by atoms with Gasteiger partial charge < -0.3 is 10.3 Å². The minimum atomic E-state index is -1.22. The van der Waals surface area contributed by atoms with Crippen LogP contribution in [0.4, 0.5) is 19.0 Å². The largest absolute Gasteiger partial charge is 0.383 e. The molecule has 0 radical (unpaired) electrons. The van der Waals surface area contributed by atoms with Crippen molar-refractivity contribution in [2.75, 3.05) is 5.73 Å². The third-order valence-electron chi connectivity index (χ3n) is 3.38. The van der Waals surface area contributed by atoms with Gasteiger partial charge in [-0.25, -0.2) is 18.2 Å². The minimum absolute atomic E-state index is 0.112. The van der Waals surface area contributed by atoms with Gasteiger partial charge in [0.1, 0.15) is 23.2 Å². The van der Waals surface area contributed by atoms with Gasteiger partial charge in [0.2, 0.25) is 0 Å². The van der Waals surface area contributed by atoms with E-state index >= 15 is 0 Å². The summed E-state index contributed by atoms with van der Waals surface area (Å²) in [6.07, 6.45) is 2.04. The molecular weight excluding hydrogens is 255 g/mol. The summed E-state index contributed by atoms with van der Waals surface area (Å²) < 4.78 is 41.6. The average Bonchev–Trinajstić information content (AvgIpc) is 3.15. The molecule has 2 aromatic rings. The van der Waals surface area contributed by atoms with E-state index in [1.54, 1.807) is 11.6 Å². The Hall–Kier alpha value is -1.98. The van der Waals surface area contributed by atoms with Crippen LogP contribution in [0, 0.1) is 17.5 Å². The molecule has 6 heteroatoms. The number of rotatable bonds is 2. The lowest BCUT2D eigenvalue weighted by atomic mass is 10.1. The quantitative estimate of drug-likeness (QED) is 0.850. The molecule has 1 fully saturated rings. The number of imidazole rings is 1. The molecule has 19 heavy (non-hydrogen) atoms. The maximum absolute atomic E-state index is 13.7. The number of hydrogen-bond donors (Lipinski definition) is 1. The second kappa shape index (κ2) is 4.01. The van der Waals surface area contributed by atoms with Crippen molar-refractivity contribution in [2.45, 2.75) is 18.8 Å². The highest BCUT2D eigenvalue weighted by Gasteiger charge is 2.30. The Labute approximate surface area is 107 Å². The van der Waals surface area contributed by atoms with Gasteiger partial charge in [-0.1, -0.05) is 0 Å². The summed E-state index contributed by atoms with van der Waals surface area (Å²) in [5.41, 5.74) is 5.93. The van der Waals surface area contributed by atoms with Crippen molar-refractivity contribution in [1.29, 1.82) is 0 Å². The average molecular weight is 267 g/mol. The van der Waals surface area contributed by atoms with Crippen LogP contribution in [0.3, 0.4) is 0 Å². The Bertz CT molecular complexity index is 660. The Kier molecular flexibility index (Phi) is 2.55. The molecule has 1 aromatic heterocycles. The summed E-state index contributed by atoms with van der Waals surface area (Å²) in [7, 11) is 1.73. The maximum atomic E-state index is 13.7. The summed E-state index contributed by atoms with van der Waals surface area (Å²) in [6.45, 7) is 0. The van der Waals surface area contributed by atoms with Crippen LogP contribution in [0.15, 0.2) is 12.1 Å². The van der Waals surface area contributed by atoms with Gasteiger partial charge in [-0.05, 0) is 18.9 Å². The lowest BCUT2D eigenvalue weighted by Gasteiger charge is -2.03. The van der Waals surface area contributed by atoms with E-state index < -0.39 is 17.5 Å². The third-order valence-corrected chi connectivity index (χ3v) is 3.38. The van der Waals surface area contributed by atoms with Crippen LogP contribution < -0.4 is 5.73 Å². The van der Waals surface area contributed by atoms with Crippen LogP contribution >= 0.6 is 0 Å². The van der Waals surface area contributed by atoms with Crippen molar-refractivity contribution >= 4 is 5.82 Å². The molecule has 2 N–H and O–H groups in total. The number of nitrogen functional groups attached to an aromatic ring is 1. The Morgan fingerprint density at radius 1 is 1.16 bits per heavy atom. The molecule has 0 atom stereocenters. The van der Waals surface area contributed by atoms with Gasteiger partial charge in [0, 0.05) is 24.6 Å². The predicted octanol–water partition coefficient (Wildman–Crippen LogP) is 2.96. The van der Waals surface area contributed by atoms with Gasteiger partial charge in [0.15, 0.2) is 11.6 Å². The molecule has 1 aliphatic carbocycles. The fourth-order valence-corrected chi connectivity index (χ4v) is 2.14. The summed E-state index contributed by atoms with van der Waals surface area (Å²) >= 11 is 0. The van der Waals surface area contributed by atoms with Crippen LogP contribution in [0.1, 0.15) is 24.6 Å². The van der Waals surface area contributed by atoms with E-state index in [2.05, 4.69) is 4.98 Å². The fraction of sp³-hybridized carbons (Fsp3) is 0.308.